The quantitative estimate of drug-likeness (QED) is 0.306. The summed E-state index contributed by atoms with van der Waals surface area (Å²) in [6.45, 7) is 6.11. The summed E-state index contributed by atoms with van der Waals surface area (Å²) >= 11 is 1.93. The Morgan fingerprint density at radius 2 is 1.93 bits per heavy atom. The van der Waals surface area contributed by atoms with Gasteiger partial charge in [-0.15, -0.1) is 0 Å². The molecule has 0 bridgehead atoms. The number of thioether (sulfide) groups is 1. The lowest BCUT2D eigenvalue weighted by molar-refractivity contribution is -0.119. The fourth-order valence-corrected chi connectivity index (χ4v) is 6.43. The first-order valence-corrected chi connectivity index (χ1v) is 15.3. The number of aliphatic imine (C=N–C) groups is 1. The summed E-state index contributed by atoms with van der Waals surface area (Å²) in [6.07, 6.45) is 3.58. The van der Waals surface area contributed by atoms with Gasteiger partial charge in [-0.2, -0.15) is 11.8 Å². The van der Waals surface area contributed by atoms with E-state index in [0.29, 0.717) is 41.3 Å². The van der Waals surface area contributed by atoms with E-state index >= 15 is 0 Å². The number of aromatic amines is 1. The van der Waals surface area contributed by atoms with Gasteiger partial charge in [0.15, 0.2) is 5.88 Å². The van der Waals surface area contributed by atoms with Crippen molar-refractivity contribution in [1.29, 1.82) is 0 Å². The molecule has 0 atom stereocenters. The van der Waals surface area contributed by atoms with E-state index in [2.05, 4.69) is 26.8 Å². The van der Waals surface area contributed by atoms with Crippen molar-refractivity contribution in [3.63, 3.8) is 0 Å². The number of carbonyl (C=O) groups excluding carboxylic acids is 2. The maximum Gasteiger partial charge on any atom is 0.338 e. The third kappa shape index (κ3) is 6.74. The zero-order valence-electron chi connectivity index (χ0n) is 23.9. The second kappa shape index (κ2) is 13.1. The molecule has 2 aliphatic heterocycles. The van der Waals surface area contributed by atoms with Crippen molar-refractivity contribution < 1.29 is 19.4 Å². The minimum Gasteiger partial charge on any atom is -0.494 e. The van der Waals surface area contributed by atoms with E-state index in [1.807, 2.05) is 30.0 Å². The topological polar surface area (TPSA) is 114 Å². The number of nitrogens with one attached hydrogen (secondary N) is 1. The van der Waals surface area contributed by atoms with E-state index in [4.69, 9.17) is 9.73 Å². The minimum absolute atomic E-state index is 0.00426. The van der Waals surface area contributed by atoms with Crippen LogP contribution in [0.3, 0.4) is 0 Å². The molecule has 0 aliphatic carbocycles. The van der Waals surface area contributed by atoms with Crippen LogP contribution in [0.4, 0.5) is 11.5 Å². The molecule has 5 rings (SSSR count). The van der Waals surface area contributed by atoms with Gasteiger partial charge in [0.05, 0.1) is 41.9 Å². The number of carbonyl (C=O) groups is 2. The smallest absolute Gasteiger partial charge is 0.338 e. The van der Waals surface area contributed by atoms with E-state index in [1.165, 1.54) is 0 Å². The van der Waals surface area contributed by atoms with Gasteiger partial charge in [-0.05, 0) is 62.6 Å². The van der Waals surface area contributed by atoms with Gasteiger partial charge in [0.2, 0.25) is 5.91 Å². The number of ether oxygens (including phenoxy) is 1. The average Bonchev–Trinajstić information content (AvgIpc) is 3.32. The summed E-state index contributed by atoms with van der Waals surface area (Å²) in [5.41, 5.74) is 3.17. The lowest BCUT2D eigenvalue weighted by Crippen LogP contribution is -2.48. The number of amides is 1. The summed E-state index contributed by atoms with van der Waals surface area (Å²) < 4.78 is 5.14. The van der Waals surface area contributed by atoms with Crippen molar-refractivity contribution in [2.45, 2.75) is 19.8 Å². The van der Waals surface area contributed by atoms with Crippen molar-refractivity contribution in [1.82, 2.24) is 19.8 Å². The highest BCUT2D eigenvalue weighted by molar-refractivity contribution is 7.99. The Kier molecular flexibility index (Phi) is 9.26. The molecule has 0 unspecified atom stereocenters. The Bertz CT molecular complexity index is 1410. The second-order valence-corrected chi connectivity index (χ2v) is 11.8. The van der Waals surface area contributed by atoms with Crippen LogP contribution in [0.5, 0.6) is 5.88 Å². The van der Waals surface area contributed by atoms with E-state index in [-0.39, 0.29) is 17.7 Å². The number of rotatable bonds is 8. The first kappa shape index (κ1) is 29.1. The molecule has 2 fully saturated rings. The Hall–Kier alpha value is -3.41. The highest BCUT2D eigenvalue weighted by Gasteiger charge is 2.27. The van der Waals surface area contributed by atoms with Gasteiger partial charge in [0.1, 0.15) is 5.82 Å². The molecule has 2 aliphatic rings. The number of pyridine rings is 1. The van der Waals surface area contributed by atoms with Gasteiger partial charge >= 0.3 is 5.97 Å². The molecule has 4 heterocycles. The Morgan fingerprint density at radius 3 is 2.61 bits per heavy atom. The molecular weight excluding hydrogens is 540 g/mol. The van der Waals surface area contributed by atoms with E-state index < -0.39 is 5.97 Å². The van der Waals surface area contributed by atoms with Crippen LogP contribution in [0.1, 0.15) is 35.7 Å². The van der Waals surface area contributed by atoms with E-state index in [0.717, 1.165) is 61.6 Å². The summed E-state index contributed by atoms with van der Waals surface area (Å²) in [5.74, 6) is 2.41. The van der Waals surface area contributed by atoms with Crippen molar-refractivity contribution >= 4 is 51.8 Å². The SMILES string of the molecule is CCOC(=O)c1ccc2c(C(=Nc3ccc(N(C)C(=O)CN4CCN(C)CC4)nc3)C3CCSCC3)c(O)[nH]c2c1. The van der Waals surface area contributed by atoms with Crippen molar-refractivity contribution in [2.24, 2.45) is 10.9 Å². The fourth-order valence-electron chi connectivity index (χ4n) is 5.32. The van der Waals surface area contributed by atoms with Crippen LogP contribution >= 0.6 is 11.8 Å². The number of aromatic nitrogens is 2. The van der Waals surface area contributed by atoms with E-state index in [9.17, 15) is 14.7 Å². The van der Waals surface area contributed by atoms with Crippen LogP contribution in [0.15, 0.2) is 41.5 Å². The number of nitrogens with zero attached hydrogens (tertiary/aromatic N) is 5. The molecule has 2 saturated heterocycles. The average molecular weight is 579 g/mol. The molecule has 2 N–H and O–H groups in total. The molecule has 0 radical (unpaired) electrons. The zero-order valence-corrected chi connectivity index (χ0v) is 24.7. The molecular formula is C30H38N6O4S. The van der Waals surface area contributed by atoms with Crippen LogP contribution in [-0.2, 0) is 9.53 Å². The Labute approximate surface area is 244 Å². The number of hydrogen-bond donors (Lipinski definition) is 2. The molecule has 41 heavy (non-hydrogen) atoms. The highest BCUT2D eigenvalue weighted by Crippen LogP contribution is 2.36. The monoisotopic (exact) mass is 578 g/mol. The van der Waals surface area contributed by atoms with Gasteiger partial charge in [-0.1, -0.05) is 6.07 Å². The number of anilines is 1. The molecule has 3 aromatic rings. The summed E-state index contributed by atoms with van der Waals surface area (Å²) in [4.78, 5) is 43.9. The van der Waals surface area contributed by atoms with Crippen LogP contribution in [0.2, 0.25) is 0 Å². The predicted molar refractivity (Wildman–Crippen MR) is 164 cm³/mol. The van der Waals surface area contributed by atoms with Gasteiger partial charge in [-0.3, -0.25) is 19.6 Å². The summed E-state index contributed by atoms with van der Waals surface area (Å²) in [7, 11) is 3.85. The van der Waals surface area contributed by atoms with Gasteiger partial charge in [0, 0.05) is 50.0 Å². The number of hydrogen-bond acceptors (Lipinski definition) is 9. The number of H-pyrrole nitrogens is 1. The minimum atomic E-state index is -0.401. The molecule has 1 aromatic carbocycles. The number of benzene rings is 1. The zero-order chi connectivity index (χ0) is 28.9. The number of fused-ring (bicyclic) bond motifs is 1. The number of aromatic hydroxyl groups is 1. The molecule has 0 saturated carbocycles. The number of esters is 1. The lowest BCUT2D eigenvalue weighted by atomic mass is 9.90. The van der Waals surface area contributed by atoms with E-state index in [1.54, 1.807) is 37.2 Å². The highest BCUT2D eigenvalue weighted by atomic mass is 32.2. The largest absolute Gasteiger partial charge is 0.494 e. The van der Waals surface area contributed by atoms with Gasteiger partial charge in [-0.25, -0.2) is 9.78 Å². The standard InChI is InChI=1S/C30H38N6O4S/c1-4-40-30(39)21-5-7-23-24(17-21)33-29(38)27(23)28(20-9-15-41-16-10-20)32-22-6-8-25(31-18-22)35(3)26(37)19-36-13-11-34(2)12-14-36/h5-8,17-18,20,33,38H,4,9-16,19H2,1-3H3. The number of likely N-dealkylation sites (N-methyl/N-ethyl adjacent to an activating group) is 2. The number of piperazine rings is 1. The van der Waals surface area contributed by atoms with Gasteiger partial charge in [0.25, 0.3) is 0 Å². The normalized spacial score (nSPS) is 17.6. The van der Waals surface area contributed by atoms with Crippen molar-refractivity contribution in [3.05, 3.63) is 47.7 Å². The molecule has 10 nitrogen and oxygen atoms in total. The summed E-state index contributed by atoms with van der Waals surface area (Å²) in [5, 5.41) is 11.8. The molecule has 1 amide bonds. The molecule has 218 valence electrons. The first-order chi connectivity index (χ1) is 19.8. The molecule has 2 aromatic heterocycles. The van der Waals surface area contributed by atoms with Crippen LogP contribution < -0.4 is 4.90 Å². The van der Waals surface area contributed by atoms with Crippen LogP contribution in [-0.4, -0.2) is 107 Å². The van der Waals surface area contributed by atoms with Crippen molar-refractivity contribution in [3.8, 4) is 5.88 Å². The Morgan fingerprint density at radius 1 is 1.17 bits per heavy atom. The Balaban J connectivity index is 1.41. The molecule has 11 heteroatoms. The fraction of sp³-hybridized carbons (Fsp3) is 0.467. The van der Waals surface area contributed by atoms with Crippen molar-refractivity contribution in [2.75, 3.05) is 69.8 Å². The second-order valence-electron chi connectivity index (χ2n) is 10.6. The first-order valence-electron chi connectivity index (χ1n) is 14.2. The lowest BCUT2D eigenvalue weighted by Gasteiger charge is -2.32. The third-order valence-electron chi connectivity index (χ3n) is 7.81. The molecule has 0 spiro atoms. The van der Waals surface area contributed by atoms with Crippen LogP contribution in [0.25, 0.3) is 10.9 Å². The van der Waals surface area contributed by atoms with Gasteiger partial charge < -0.3 is 19.7 Å². The predicted octanol–water partition coefficient (Wildman–Crippen LogP) is 3.92. The maximum atomic E-state index is 12.9. The van der Waals surface area contributed by atoms with Crippen LogP contribution in [0, 0.1) is 5.92 Å². The third-order valence-corrected chi connectivity index (χ3v) is 8.86. The summed E-state index contributed by atoms with van der Waals surface area (Å²) in [6, 6.07) is 8.94. The maximum absolute atomic E-state index is 12.9.